The molecule has 0 aliphatic heterocycles. The average molecular weight is 254 g/mol. The summed E-state index contributed by atoms with van der Waals surface area (Å²) in [5.74, 6) is 1.04. The number of amides is 1. The predicted molar refractivity (Wildman–Crippen MR) is 67.3 cm³/mol. The maximum absolute atomic E-state index is 11.5. The van der Waals surface area contributed by atoms with Crippen LogP contribution in [-0.4, -0.2) is 19.1 Å². The molecule has 1 aliphatic carbocycles. The van der Waals surface area contributed by atoms with Crippen LogP contribution in [0.2, 0.25) is 5.02 Å². The molecule has 4 heteroatoms. The molecule has 0 unspecified atom stereocenters. The van der Waals surface area contributed by atoms with Crippen molar-refractivity contribution in [3.8, 4) is 5.75 Å². The normalized spacial score (nSPS) is 15.1. The molecule has 92 valence electrons. The van der Waals surface area contributed by atoms with E-state index in [2.05, 4.69) is 5.32 Å². The molecular weight excluding hydrogens is 238 g/mol. The Kier molecular flexibility index (Phi) is 4.26. The van der Waals surface area contributed by atoms with Gasteiger partial charge in [0, 0.05) is 5.92 Å². The zero-order valence-corrected chi connectivity index (χ0v) is 10.4. The van der Waals surface area contributed by atoms with Gasteiger partial charge in [0.15, 0.2) is 0 Å². The number of nitrogens with one attached hydrogen (secondary N) is 1. The summed E-state index contributed by atoms with van der Waals surface area (Å²) in [4.78, 5) is 11.5. The lowest BCUT2D eigenvalue weighted by molar-refractivity contribution is -0.127. The van der Waals surface area contributed by atoms with Crippen LogP contribution in [0, 0.1) is 5.92 Å². The highest BCUT2D eigenvalue weighted by molar-refractivity contribution is 6.32. The highest BCUT2D eigenvalue weighted by atomic mass is 35.5. The molecule has 1 saturated carbocycles. The van der Waals surface area contributed by atoms with Crippen LogP contribution in [0.4, 0.5) is 0 Å². The van der Waals surface area contributed by atoms with E-state index < -0.39 is 0 Å². The van der Waals surface area contributed by atoms with Gasteiger partial charge in [0.05, 0.1) is 11.6 Å². The van der Waals surface area contributed by atoms with Crippen molar-refractivity contribution in [2.75, 3.05) is 13.2 Å². The third-order valence-corrected chi connectivity index (χ3v) is 3.28. The van der Waals surface area contributed by atoms with Gasteiger partial charge in [-0.05, 0) is 25.0 Å². The second-order valence-corrected chi connectivity index (χ2v) is 4.60. The Morgan fingerprint density at radius 2 is 2.18 bits per heavy atom. The number of para-hydroxylation sites is 1. The van der Waals surface area contributed by atoms with Gasteiger partial charge in [-0.3, -0.25) is 4.79 Å². The van der Waals surface area contributed by atoms with Gasteiger partial charge in [-0.25, -0.2) is 0 Å². The molecule has 2 rings (SSSR count). The molecule has 0 spiro atoms. The smallest absolute Gasteiger partial charge is 0.223 e. The highest BCUT2D eigenvalue weighted by Crippen LogP contribution is 2.26. The minimum atomic E-state index is 0.152. The van der Waals surface area contributed by atoms with E-state index in [0.29, 0.717) is 23.9 Å². The van der Waals surface area contributed by atoms with Crippen LogP contribution in [0.3, 0.4) is 0 Å². The number of halogens is 1. The largest absolute Gasteiger partial charge is 0.490 e. The van der Waals surface area contributed by atoms with Gasteiger partial charge in [-0.15, -0.1) is 0 Å². The van der Waals surface area contributed by atoms with Gasteiger partial charge < -0.3 is 10.1 Å². The van der Waals surface area contributed by atoms with E-state index >= 15 is 0 Å². The lowest BCUT2D eigenvalue weighted by Gasteiger charge is -2.24. The van der Waals surface area contributed by atoms with Crippen molar-refractivity contribution in [2.45, 2.75) is 19.3 Å². The molecule has 0 saturated heterocycles. The minimum Gasteiger partial charge on any atom is -0.490 e. The van der Waals surface area contributed by atoms with Crippen LogP contribution in [0.1, 0.15) is 19.3 Å². The first-order valence-corrected chi connectivity index (χ1v) is 6.30. The molecule has 1 N–H and O–H groups in total. The van der Waals surface area contributed by atoms with Crippen LogP contribution in [-0.2, 0) is 4.79 Å². The Labute approximate surface area is 106 Å². The predicted octanol–water partition coefficient (Wildman–Crippen LogP) is 2.64. The fourth-order valence-corrected chi connectivity index (χ4v) is 1.90. The van der Waals surface area contributed by atoms with Crippen LogP contribution < -0.4 is 10.1 Å². The average Bonchev–Trinajstić information content (AvgIpc) is 2.24. The fourth-order valence-electron chi connectivity index (χ4n) is 1.71. The van der Waals surface area contributed by atoms with Crippen molar-refractivity contribution in [1.29, 1.82) is 0 Å². The van der Waals surface area contributed by atoms with Crippen LogP contribution in [0.15, 0.2) is 24.3 Å². The highest BCUT2D eigenvalue weighted by Gasteiger charge is 2.24. The lowest BCUT2D eigenvalue weighted by Crippen LogP contribution is -2.36. The Balaban J connectivity index is 1.66. The third kappa shape index (κ3) is 3.37. The molecule has 0 atom stereocenters. The number of ether oxygens (including phenoxy) is 1. The molecule has 1 amide bonds. The summed E-state index contributed by atoms with van der Waals surface area (Å²) < 4.78 is 5.47. The molecule has 0 heterocycles. The summed E-state index contributed by atoms with van der Waals surface area (Å²) in [7, 11) is 0. The fraction of sp³-hybridized carbons (Fsp3) is 0.462. The zero-order chi connectivity index (χ0) is 12.1. The third-order valence-electron chi connectivity index (χ3n) is 2.97. The standard InChI is InChI=1S/C13H16ClNO2/c14-11-6-1-2-7-12(11)17-9-8-15-13(16)10-4-3-5-10/h1-2,6-7,10H,3-5,8-9H2,(H,15,16). The number of carbonyl (C=O) groups is 1. The summed E-state index contributed by atoms with van der Waals surface area (Å²) in [5.41, 5.74) is 0. The van der Waals surface area contributed by atoms with E-state index in [9.17, 15) is 4.79 Å². The number of rotatable bonds is 5. The molecule has 1 aromatic rings. The monoisotopic (exact) mass is 253 g/mol. The van der Waals surface area contributed by atoms with E-state index in [1.54, 1.807) is 6.07 Å². The Bertz CT molecular complexity index is 391. The van der Waals surface area contributed by atoms with Crippen molar-refractivity contribution < 1.29 is 9.53 Å². The minimum absolute atomic E-state index is 0.152. The van der Waals surface area contributed by atoms with Gasteiger partial charge in [-0.2, -0.15) is 0 Å². The zero-order valence-electron chi connectivity index (χ0n) is 9.62. The van der Waals surface area contributed by atoms with Gasteiger partial charge in [-0.1, -0.05) is 30.2 Å². The molecule has 1 aromatic carbocycles. The number of carbonyl (C=O) groups excluding carboxylic acids is 1. The molecule has 3 nitrogen and oxygen atoms in total. The molecule has 0 bridgehead atoms. The Hall–Kier alpha value is -1.22. The number of hydrogen-bond acceptors (Lipinski definition) is 2. The Morgan fingerprint density at radius 1 is 1.41 bits per heavy atom. The summed E-state index contributed by atoms with van der Waals surface area (Å²) >= 11 is 5.94. The van der Waals surface area contributed by atoms with Crippen LogP contribution in [0.25, 0.3) is 0 Å². The number of hydrogen-bond donors (Lipinski definition) is 1. The number of benzene rings is 1. The summed E-state index contributed by atoms with van der Waals surface area (Å²) in [6.07, 6.45) is 3.22. The molecule has 17 heavy (non-hydrogen) atoms. The SMILES string of the molecule is O=C(NCCOc1ccccc1Cl)C1CCC1. The van der Waals surface area contributed by atoms with Crippen LogP contribution >= 0.6 is 11.6 Å². The van der Waals surface area contributed by atoms with Crippen molar-refractivity contribution in [2.24, 2.45) is 5.92 Å². The second-order valence-electron chi connectivity index (χ2n) is 4.20. The topological polar surface area (TPSA) is 38.3 Å². The maximum atomic E-state index is 11.5. The lowest BCUT2D eigenvalue weighted by atomic mass is 9.85. The van der Waals surface area contributed by atoms with E-state index in [0.717, 1.165) is 12.8 Å². The van der Waals surface area contributed by atoms with Crippen molar-refractivity contribution in [3.05, 3.63) is 29.3 Å². The second kappa shape index (κ2) is 5.92. The van der Waals surface area contributed by atoms with E-state index in [1.807, 2.05) is 18.2 Å². The first-order valence-electron chi connectivity index (χ1n) is 5.92. The molecular formula is C13H16ClNO2. The van der Waals surface area contributed by atoms with Gasteiger partial charge in [0.1, 0.15) is 12.4 Å². The molecule has 1 fully saturated rings. The first kappa shape index (κ1) is 12.2. The molecule has 0 aromatic heterocycles. The summed E-state index contributed by atoms with van der Waals surface area (Å²) in [6, 6.07) is 7.32. The molecule has 0 radical (unpaired) electrons. The van der Waals surface area contributed by atoms with Crippen molar-refractivity contribution in [3.63, 3.8) is 0 Å². The van der Waals surface area contributed by atoms with Crippen LogP contribution in [0.5, 0.6) is 5.75 Å². The maximum Gasteiger partial charge on any atom is 0.223 e. The summed E-state index contributed by atoms with van der Waals surface area (Å²) in [6.45, 7) is 0.975. The van der Waals surface area contributed by atoms with Crippen molar-refractivity contribution in [1.82, 2.24) is 5.32 Å². The van der Waals surface area contributed by atoms with E-state index in [-0.39, 0.29) is 11.8 Å². The Morgan fingerprint density at radius 3 is 2.82 bits per heavy atom. The quantitative estimate of drug-likeness (QED) is 0.820. The summed E-state index contributed by atoms with van der Waals surface area (Å²) in [5, 5.41) is 3.46. The molecule has 1 aliphatic rings. The first-order chi connectivity index (χ1) is 8.27. The van der Waals surface area contributed by atoms with Gasteiger partial charge in [0.25, 0.3) is 0 Å². The van der Waals surface area contributed by atoms with Gasteiger partial charge in [0.2, 0.25) is 5.91 Å². The van der Waals surface area contributed by atoms with Crippen molar-refractivity contribution >= 4 is 17.5 Å². The van der Waals surface area contributed by atoms with Gasteiger partial charge >= 0.3 is 0 Å². The van der Waals surface area contributed by atoms with E-state index in [4.69, 9.17) is 16.3 Å². The van der Waals surface area contributed by atoms with E-state index in [1.165, 1.54) is 6.42 Å².